The number of aliphatic hydroxyl groups is 1. The summed E-state index contributed by atoms with van der Waals surface area (Å²) in [6.07, 6.45) is 3.20. The Bertz CT molecular complexity index is 1020. The summed E-state index contributed by atoms with van der Waals surface area (Å²) in [4.78, 5) is 29.5. The van der Waals surface area contributed by atoms with Gasteiger partial charge in [0, 0.05) is 11.1 Å². The molecule has 0 spiro atoms. The van der Waals surface area contributed by atoms with Gasteiger partial charge in [-0.25, -0.2) is 0 Å². The van der Waals surface area contributed by atoms with Crippen molar-refractivity contribution in [2.75, 3.05) is 37.9 Å². The summed E-state index contributed by atoms with van der Waals surface area (Å²) in [5.74, 6) is 0.379. The number of carbonyl (C=O) groups is 2. The fraction of sp³-hybridized carbons (Fsp3) is 0.417. The van der Waals surface area contributed by atoms with Gasteiger partial charge in [-0.1, -0.05) is 18.2 Å². The quantitative estimate of drug-likeness (QED) is 0.709. The molecule has 3 aliphatic rings. The van der Waals surface area contributed by atoms with Crippen molar-refractivity contribution < 1.29 is 29.1 Å². The van der Waals surface area contributed by atoms with Gasteiger partial charge in [0.1, 0.15) is 13.2 Å². The highest BCUT2D eigenvalue weighted by molar-refractivity contribution is 6.10. The highest BCUT2D eigenvalue weighted by Crippen LogP contribution is 2.42. The number of carbonyl (C=O) groups excluding carboxylic acids is 2. The first-order chi connectivity index (χ1) is 15.1. The molecule has 1 saturated heterocycles. The van der Waals surface area contributed by atoms with E-state index in [-0.39, 0.29) is 12.2 Å². The van der Waals surface area contributed by atoms with Gasteiger partial charge in [0.2, 0.25) is 0 Å². The number of anilines is 1. The third-order valence-corrected chi connectivity index (χ3v) is 6.46. The van der Waals surface area contributed by atoms with E-state index in [1.54, 1.807) is 35.2 Å². The molecule has 1 amide bonds. The number of likely N-dealkylation sites (tertiary alicyclic amines) is 1. The smallest absolute Gasteiger partial charge is 0.268 e. The topological polar surface area (TPSA) is 80.5 Å². The van der Waals surface area contributed by atoms with Crippen molar-refractivity contribution in [3.05, 3.63) is 53.6 Å². The van der Waals surface area contributed by atoms with Crippen LogP contribution in [0.2, 0.25) is 0 Å². The fourth-order valence-electron chi connectivity index (χ4n) is 4.82. The molecule has 1 atom stereocenters. The minimum atomic E-state index is -1.86. The molecule has 2 N–H and O–H groups in total. The average molecular weight is 423 g/mol. The monoisotopic (exact) mass is 423 g/mol. The van der Waals surface area contributed by atoms with Gasteiger partial charge < -0.3 is 19.5 Å². The number of fused-ring (bicyclic) bond motifs is 2. The summed E-state index contributed by atoms with van der Waals surface area (Å²) >= 11 is 0. The first kappa shape index (κ1) is 20.0. The third-order valence-electron chi connectivity index (χ3n) is 6.46. The summed E-state index contributed by atoms with van der Waals surface area (Å²) in [5.41, 5.74) is -0.274. The summed E-state index contributed by atoms with van der Waals surface area (Å²) in [6.45, 7) is 3.44. The normalized spacial score (nSPS) is 23.0. The number of amides is 1. The average Bonchev–Trinajstić information content (AvgIpc) is 3.01. The second kappa shape index (κ2) is 7.98. The first-order valence-electron chi connectivity index (χ1n) is 11.0. The number of hydrogen-bond acceptors (Lipinski definition) is 5. The van der Waals surface area contributed by atoms with Gasteiger partial charge in [-0.3, -0.25) is 14.5 Å². The Kier molecular flexibility index (Phi) is 5.16. The molecule has 0 aromatic heterocycles. The highest BCUT2D eigenvalue weighted by atomic mass is 16.6. The van der Waals surface area contributed by atoms with E-state index in [0.29, 0.717) is 48.2 Å². The van der Waals surface area contributed by atoms with Crippen molar-refractivity contribution in [2.24, 2.45) is 0 Å². The number of ketones is 1. The molecule has 2 aromatic carbocycles. The molecule has 5 rings (SSSR count). The number of hydrogen-bond donors (Lipinski definition) is 2. The second-order valence-electron chi connectivity index (χ2n) is 8.54. The fourth-order valence-corrected chi connectivity index (χ4v) is 4.82. The predicted octanol–water partition coefficient (Wildman–Crippen LogP) is 1.29. The number of para-hydroxylation sites is 1. The van der Waals surface area contributed by atoms with Crippen LogP contribution in [0.15, 0.2) is 42.5 Å². The van der Waals surface area contributed by atoms with E-state index in [2.05, 4.69) is 0 Å². The lowest BCUT2D eigenvalue weighted by atomic mass is 9.88. The van der Waals surface area contributed by atoms with Crippen LogP contribution < -0.4 is 19.3 Å². The molecule has 0 unspecified atom stereocenters. The number of quaternary nitrogens is 1. The maximum atomic E-state index is 13.4. The summed E-state index contributed by atoms with van der Waals surface area (Å²) in [5, 5.41) is 11.5. The number of rotatable bonds is 5. The molecular formula is C24H27N2O5+. The van der Waals surface area contributed by atoms with E-state index >= 15 is 0 Å². The first-order valence-corrected chi connectivity index (χ1v) is 11.0. The molecule has 3 heterocycles. The van der Waals surface area contributed by atoms with E-state index in [1.165, 1.54) is 11.3 Å². The molecule has 3 aliphatic heterocycles. The van der Waals surface area contributed by atoms with Crippen LogP contribution in [0.3, 0.4) is 0 Å². The van der Waals surface area contributed by atoms with Gasteiger partial charge in [-0.15, -0.1) is 0 Å². The van der Waals surface area contributed by atoms with Crippen molar-refractivity contribution in [1.29, 1.82) is 0 Å². The van der Waals surface area contributed by atoms with Crippen LogP contribution in [0.4, 0.5) is 5.69 Å². The molecule has 0 saturated carbocycles. The lowest BCUT2D eigenvalue weighted by Gasteiger charge is -2.29. The number of piperidine rings is 1. The van der Waals surface area contributed by atoms with Crippen LogP contribution in [0.5, 0.6) is 11.5 Å². The van der Waals surface area contributed by atoms with Crippen LogP contribution in [0, 0.1) is 0 Å². The van der Waals surface area contributed by atoms with E-state index < -0.39 is 11.5 Å². The second-order valence-corrected chi connectivity index (χ2v) is 8.54. The van der Waals surface area contributed by atoms with Crippen molar-refractivity contribution in [1.82, 2.24) is 0 Å². The zero-order valence-corrected chi connectivity index (χ0v) is 17.4. The molecular weight excluding hydrogens is 396 g/mol. The molecule has 1 fully saturated rings. The minimum absolute atomic E-state index is 0.310. The van der Waals surface area contributed by atoms with Crippen molar-refractivity contribution >= 4 is 17.4 Å². The molecule has 0 radical (unpaired) electrons. The van der Waals surface area contributed by atoms with Gasteiger partial charge >= 0.3 is 0 Å². The SMILES string of the molecule is O=C(C[C@@]1(O)C(=O)N(C[NH+]2CCCCC2)c2ccccc21)c1ccc2c(c1)OCCO2. The zero-order valence-electron chi connectivity index (χ0n) is 17.4. The summed E-state index contributed by atoms with van der Waals surface area (Å²) < 4.78 is 11.1. The van der Waals surface area contributed by atoms with Gasteiger partial charge in [0.25, 0.3) is 5.91 Å². The highest BCUT2D eigenvalue weighted by Gasteiger charge is 2.51. The maximum absolute atomic E-state index is 13.4. The maximum Gasteiger partial charge on any atom is 0.268 e. The number of benzene rings is 2. The van der Waals surface area contributed by atoms with Crippen molar-refractivity contribution in [3.63, 3.8) is 0 Å². The van der Waals surface area contributed by atoms with Gasteiger partial charge in [-0.2, -0.15) is 0 Å². The molecule has 7 heteroatoms. The van der Waals surface area contributed by atoms with Crippen molar-refractivity contribution in [2.45, 2.75) is 31.3 Å². The zero-order chi connectivity index (χ0) is 21.4. The van der Waals surface area contributed by atoms with E-state index in [1.807, 2.05) is 12.1 Å². The molecule has 162 valence electrons. The number of nitrogens with zero attached hydrogens (tertiary/aromatic N) is 1. The Morgan fingerprint density at radius 3 is 2.58 bits per heavy atom. The molecule has 0 aliphatic carbocycles. The summed E-state index contributed by atoms with van der Waals surface area (Å²) in [6, 6.07) is 12.2. The Balaban J connectivity index is 1.41. The van der Waals surface area contributed by atoms with Crippen LogP contribution in [-0.2, 0) is 10.4 Å². The molecule has 31 heavy (non-hydrogen) atoms. The molecule has 2 aromatic rings. The van der Waals surface area contributed by atoms with E-state index in [9.17, 15) is 14.7 Å². The van der Waals surface area contributed by atoms with Crippen LogP contribution in [0.25, 0.3) is 0 Å². The lowest BCUT2D eigenvalue weighted by molar-refractivity contribution is -0.903. The number of ether oxygens (including phenoxy) is 2. The third kappa shape index (κ3) is 3.58. The van der Waals surface area contributed by atoms with Gasteiger partial charge in [0.15, 0.2) is 29.6 Å². The number of Topliss-reactive ketones (excluding diaryl/α,β-unsaturated/α-hetero) is 1. The van der Waals surface area contributed by atoms with Gasteiger partial charge in [0.05, 0.1) is 25.2 Å². The molecule has 0 bridgehead atoms. The lowest BCUT2D eigenvalue weighted by Crippen LogP contribution is -3.14. The van der Waals surface area contributed by atoms with Crippen LogP contribution in [-0.4, -0.2) is 49.8 Å². The Labute approximate surface area is 181 Å². The predicted molar refractivity (Wildman–Crippen MR) is 114 cm³/mol. The van der Waals surface area contributed by atoms with Gasteiger partial charge in [-0.05, 0) is 43.5 Å². The summed E-state index contributed by atoms with van der Waals surface area (Å²) in [7, 11) is 0. The number of nitrogens with one attached hydrogen (secondary N) is 1. The van der Waals surface area contributed by atoms with Crippen molar-refractivity contribution in [3.8, 4) is 11.5 Å². The molecule has 7 nitrogen and oxygen atoms in total. The Morgan fingerprint density at radius 2 is 1.77 bits per heavy atom. The van der Waals surface area contributed by atoms with E-state index in [4.69, 9.17) is 9.47 Å². The Morgan fingerprint density at radius 1 is 1.03 bits per heavy atom. The van der Waals surface area contributed by atoms with Crippen LogP contribution in [0.1, 0.15) is 41.6 Å². The van der Waals surface area contributed by atoms with E-state index in [0.717, 1.165) is 25.9 Å². The largest absolute Gasteiger partial charge is 0.486 e. The Hall–Kier alpha value is -2.90. The van der Waals surface area contributed by atoms with Crippen LogP contribution >= 0.6 is 0 Å². The minimum Gasteiger partial charge on any atom is -0.486 e. The standard InChI is InChI=1S/C24H26N2O5/c27-20(17-8-9-21-22(14-17)31-13-12-30-21)15-24(29)18-6-2-3-7-19(18)26(23(24)28)16-25-10-4-1-5-11-25/h2-3,6-9,14,29H,1,4-5,10-13,15-16H2/p+1/t24-/m0/s1.